The lowest BCUT2D eigenvalue weighted by molar-refractivity contribution is -0.130. The van der Waals surface area contributed by atoms with E-state index in [-0.39, 0.29) is 0 Å². The molecule has 0 unspecified atom stereocenters. The first-order chi connectivity index (χ1) is 12.3. The van der Waals surface area contributed by atoms with Gasteiger partial charge in [0.2, 0.25) is 0 Å². The molecule has 26 heavy (non-hydrogen) atoms. The highest BCUT2D eigenvalue weighted by atomic mass is 16.6. The number of carbonyl (C=O) groups is 1. The van der Waals surface area contributed by atoms with Crippen LogP contribution in [0.3, 0.4) is 0 Å². The van der Waals surface area contributed by atoms with Crippen molar-refractivity contribution in [2.75, 3.05) is 7.11 Å². The number of rotatable bonds is 7. The second-order valence-electron chi connectivity index (χ2n) is 5.87. The van der Waals surface area contributed by atoms with E-state index in [4.69, 9.17) is 14.2 Å². The lowest BCUT2D eigenvalue weighted by Crippen LogP contribution is -2.09. The lowest BCUT2D eigenvalue weighted by Gasteiger charge is -2.12. The van der Waals surface area contributed by atoms with Crippen molar-refractivity contribution >= 4 is 5.97 Å². The number of hydrogen-bond donors (Lipinski definition) is 0. The fraction of sp³-hybridized carbons (Fsp3) is 0.136. The highest BCUT2D eigenvalue weighted by Gasteiger charge is 2.12. The van der Waals surface area contributed by atoms with Gasteiger partial charge in [0.25, 0.3) is 0 Å². The average molecular weight is 350 g/mol. The molecule has 0 atom stereocenters. The molecule has 2 aromatic rings. The molecule has 0 aliphatic rings. The second kappa shape index (κ2) is 8.21. The predicted molar refractivity (Wildman–Crippen MR) is 103 cm³/mol. The summed E-state index contributed by atoms with van der Waals surface area (Å²) in [5.74, 6) is 1.54. The molecule has 2 rings (SSSR count). The molecular weight excluding hydrogens is 328 g/mol. The Labute approximate surface area is 154 Å². The summed E-state index contributed by atoms with van der Waals surface area (Å²) in [4.78, 5) is 11.7. The molecule has 0 aliphatic heterocycles. The molecule has 0 radical (unpaired) electrons. The van der Waals surface area contributed by atoms with E-state index in [1.54, 1.807) is 13.0 Å². The quantitative estimate of drug-likeness (QED) is 0.223. The number of ether oxygens (including phenoxy) is 3. The van der Waals surface area contributed by atoms with Crippen LogP contribution >= 0.6 is 0 Å². The first-order valence-corrected chi connectivity index (χ1v) is 8.00. The summed E-state index contributed by atoms with van der Waals surface area (Å²) in [6.07, 6.45) is 0. The van der Waals surface area contributed by atoms with Crippen molar-refractivity contribution in [1.82, 2.24) is 0 Å². The van der Waals surface area contributed by atoms with Gasteiger partial charge in [0.1, 0.15) is 11.5 Å². The van der Waals surface area contributed by atoms with Gasteiger partial charge in [0.15, 0.2) is 11.5 Å². The molecule has 134 valence electrons. The van der Waals surface area contributed by atoms with Gasteiger partial charge in [-0.2, -0.15) is 0 Å². The number of methoxy groups -OCH3 is 1. The van der Waals surface area contributed by atoms with Crippen molar-refractivity contribution < 1.29 is 19.0 Å². The fourth-order valence-corrected chi connectivity index (χ4v) is 2.06. The smallest absolute Gasteiger partial charge is 0.338 e. The number of benzene rings is 2. The van der Waals surface area contributed by atoms with Crippen LogP contribution < -0.4 is 14.2 Å². The number of esters is 1. The van der Waals surface area contributed by atoms with Gasteiger partial charge < -0.3 is 14.2 Å². The van der Waals surface area contributed by atoms with Crippen molar-refractivity contribution in [2.45, 2.75) is 13.8 Å². The van der Waals surface area contributed by atoms with Crippen molar-refractivity contribution in [3.05, 3.63) is 79.1 Å². The summed E-state index contributed by atoms with van der Waals surface area (Å²) in [6.45, 7) is 14.6. The number of hydrogen-bond acceptors (Lipinski definition) is 4. The van der Waals surface area contributed by atoms with Gasteiger partial charge in [-0.3, -0.25) is 0 Å². The van der Waals surface area contributed by atoms with Gasteiger partial charge in [0, 0.05) is 5.57 Å². The molecule has 0 saturated carbocycles. The molecule has 0 saturated heterocycles. The molecule has 0 N–H and O–H groups in total. The van der Waals surface area contributed by atoms with Gasteiger partial charge in [-0.05, 0) is 54.8 Å². The summed E-state index contributed by atoms with van der Waals surface area (Å²) in [5.41, 5.74) is 2.98. The number of allylic oxidation sites excluding steroid dienone is 1. The van der Waals surface area contributed by atoms with Crippen molar-refractivity contribution in [2.24, 2.45) is 0 Å². The van der Waals surface area contributed by atoms with E-state index in [1.165, 1.54) is 7.11 Å². The third-order valence-corrected chi connectivity index (χ3v) is 3.62. The largest absolute Gasteiger partial charge is 0.493 e. The molecule has 0 spiro atoms. The maximum atomic E-state index is 11.7. The first-order valence-electron chi connectivity index (χ1n) is 8.00. The van der Waals surface area contributed by atoms with Gasteiger partial charge in [-0.15, -0.1) is 0 Å². The summed E-state index contributed by atoms with van der Waals surface area (Å²) < 4.78 is 16.2. The lowest BCUT2D eigenvalue weighted by atomic mass is 10.0. The fourth-order valence-electron chi connectivity index (χ4n) is 2.06. The van der Waals surface area contributed by atoms with E-state index in [0.717, 1.165) is 16.7 Å². The summed E-state index contributed by atoms with van der Waals surface area (Å²) in [6, 6.07) is 12.9. The van der Waals surface area contributed by atoms with Gasteiger partial charge in [-0.25, -0.2) is 4.79 Å². The molecule has 0 aliphatic carbocycles. The Kier molecular flexibility index (Phi) is 6.02. The van der Waals surface area contributed by atoms with E-state index < -0.39 is 5.97 Å². The third-order valence-electron chi connectivity index (χ3n) is 3.62. The molecule has 0 bridgehead atoms. The summed E-state index contributed by atoms with van der Waals surface area (Å²) in [7, 11) is 1.53. The maximum absolute atomic E-state index is 11.7. The van der Waals surface area contributed by atoms with Crippen molar-refractivity contribution in [1.29, 1.82) is 0 Å². The second-order valence-corrected chi connectivity index (χ2v) is 5.87. The molecule has 0 aromatic heterocycles. The maximum Gasteiger partial charge on any atom is 0.338 e. The standard InChI is InChI=1S/C22H22O4/c1-14(2)16(5)25-19-10-7-17(8-11-19)18-9-12-20(21(13-18)24-6)26-22(23)15(3)4/h7-13H,1,3,5H2,2,4,6H3. The zero-order valence-electron chi connectivity index (χ0n) is 15.3. The van der Waals surface area contributed by atoms with Gasteiger partial charge >= 0.3 is 5.97 Å². The molecular formula is C22H22O4. The minimum absolute atomic E-state index is 0.322. The average Bonchev–Trinajstić information content (AvgIpc) is 2.62. The summed E-state index contributed by atoms with van der Waals surface area (Å²) in [5, 5.41) is 0. The highest BCUT2D eigenvalue weighted by molar-refractivity contribution is 5.89. The molecule has 0 heterocycles. The van der Waals surface area contributed by atoms with Crippen LogP contribution in [0.2, 0.25) is 0 Å². The summed E-state index contributed by atoms with van der Waals surface area (Å²) >= 11 is 0. The van der Waals surface area contributed by atoms with E-state index >= 15 is 0 Å². The van der Waals surface area contributed by atoms with Crippen LogP contribution in [0.15, 0.2) is 79.1 Å². The monoisotopic (exact) mass is 350 g/mol. The van der Waals surface area contributed by atoms with E-state index in [0.29, 0.717) is 28.6 Å². The van der Waals surface area contributed by atoms with Crippen LogP contribution in [0.25, 0.3) is 11.1 Å². The van der Waals surface area contributed by atoms with Crippen LogP contribution in [0.5, 0.6) is 17.2 Å². The Balaban J connectivity index is 2.23. The molecule has 4 nitrogen and oxygen atoms in total. The zero-order chi connectivity index (χ0) is 19.3. The minimum atomic E-state index is -0.490. The van der Waals surface area contributed by atoms with Crippen LogP contribution in [-0.2, 0) is 4.79 Å². The van der Waals surface area contributed by atoms with E-state index in [1.807, 2.05) is 43.3 Å². The molecule has 2 aromatic carbocycles. The van der Waals surface area contributed by atoms with Crippen LogP contribution in [0.4, 0.5) is 0 Å². The Morgan fingerprint density at radius 1 is 0.808 bits per heavy atom. The predicted octanol–water partition coefficient (Wildman–Crippen LogP) is 5.31. The normalized spacial score (nSPS) is 9.96. The molecule has 0 amide bonds. The van der Waals surface area contributed by atoms with Gasteiger partial charge in [0.05, 0.1) is 7.11 Å². The van der Waals surface area contributed by atoms with Gasteiger partial charge in [-0.1, -0.05) is 37.9 Å². The molecule has 4 heteroatoms. The van der Waals surface area contributed by atoms with Crippen molar-refractivity contribution in [3.63, 3.8) is 0 Å². The Morgan fingerprint density at radius 2 is 1.42 bits per heavy atom. The van der Waals surface area contributed by atoms with Crippen LogP contribution in [0, 0.1) is 0 Å². The Hall–Kier alpha value is -3.27. The van der Waals surface area contributed by atoms with E-state index in [2.05, 4.69) is 19.7 Å². The highest BCUT2D eigenvalue weighted by Crippen LogP contribution is 2.33. The van der Waals surface area contributed by atoms with Crippen LogP contribution in [0.1, 0.15) is 13.8 Å². The minimum Gasteiger partial charge on any atom is -0.493 e. The number of carbonyl (C=O) groups excluding carboxylic acids is 1. The first kappa shape index (κ1) is 19.1. The van der Waals surface area contributed by atoms with Crippen molar-refractivity contribution in [3.8, 4) is 28.4 Å². The SMILES string of the molecule is C=C(C)C(=C)Oc1ccc(-c2ccc(OC(=O)C(=C)C)c(OC)c2)cc1. The van der Waals surface area contributed by atoms with Crippen LogP contribution in [-0.4, -0.2) is 13.1 Å². The zero-order valence-corrected chi connectivity index (χ0v) is 15.3. The topological polar surface area (TPSA) is 44.8 Å². The third kappa shape index (κ3) is 4.63. The molecule has 0 fully saturated rings. The Bertz CT molecular complexity index is 860. The Morgan fingerprint density at radius 3 is 1.96 bits per heavy atom. The van der Waals surface area contributed by atoms with E-state index in [9.17, 15) is 4.79 Å².